The van der Waals surface area contributed by atoms with Gasteiger partial charge in [0.1, 0.15) is 5.75 Å². The molecule has 1 heterocycles. The lowest BCUT2D eigenvalue weighted by Gasteiger charge is -2.35. The van der Waals surface area contributed by atoms with Gasteiger partial charge in [0.15, 0.2) is 0 Å². The molecule has 1 unspecified atom stereocenters. The monoisotopic (exact) mass is 507 g/mol. The first-order chi connectivity index (χ1) is 17.7. The Balaban J connectivity index is 1.81. The molecule has 0 aliphatic carbocycles. The molecule has 3 amide bonds. The highest BCUT2D eigenvalue weighted by atomic mass is 16.5. The van der Waals surface area contributed by atoms with E-state index in [2.05, 4.69) is 17.6 Å². The number of nitrogens with zero attached hydrogens (tertiary/aromatic N) is 1. The maximum atomic E-state index is 13.1. The first-order valence-electron chi connectivity index (χ1n) is 12.8. The van der Waals surface area contributed by atoms with Crippen LogP contribution in [0.3, 0.4) is 0 Å². The summed E-state index contributed by atoms with van der Waals surface area (Å²) in [6.07, 6.45) is 2.03. The molecule has 0 aromatic heterocycles. The number of allylic oxidation sites excluding steroid dienone is 1. The number of hydrogen-bond acceptors (Lipinski definition) is 5. The largest absolute Gasteiger partial charge is 0.494 e. The van der Waals surface area contributed by atoms with E-state index in [9.17, 15) is 14.4 Å². The SMILES string of the molecule is CCCCOc1ccc(C(=O)Nc2cccc(C3NC(=O)N(CC)C(C)=C3C(=O)OCC(C)C)c2)cc1. The Morgan fingerprint density at radius 3 is 2.49 bits per heavy atom. The van der Waals surface area contributed by atoms with Crippen LogP contribution in [0.5, 0.6) is 5.75 Å². The van der Waals surface area contributed by atoms with Crippen molar-refractivity contribution in [2.75, 3.05) is 25.1 Å². The lowest BCUT2D eigenvalue weighted by Crippen LogP contribution is -2.48. The molecule has 2 aromatic rings. The quantitative estimate of drug-likeness (QED) is 0.301. The summed E-state index contributed by atoms with van der Waals surface area (Å²) in [6, 6.07) is 13.1. The summed E-state index contributed by atoms with van der Waals surface area (Å²) in [4.78, 5) is 40.2. The van der Waals surface area contributed by atoms with E-state index < -0.39 is 12.0 Å². The van der Waals surface area contributed by atoms with Crippen LogP contribution in [0.2, 0.25) is 0 Å². The number of hydrogen-bond donors (Lipinski definition) is 2. The molecule has 0 spiro atoms. The highest BCUT2D eigenvalue weighted by Crippen LogP contribution is 2.32. The zero-order valence-corrected chi connectivity index (χ0v) is 22.3. The van der Waals surface area contributed by atoms with Crippen LogP contribution in [0.1, 0.15) is 69.4 Å². The molecule has 1 aliphatic heterocycles. The highest BCUT2D eigenvalue weighted by Gasteiger charge is 2.36. The van der Waals surface area contributed by atoms with Gasteiger partial charge in [-0.1, -0.05) is 39.3 Å². The van der Waals surface area contributed by atoms with Gasteiger partial charge in [-0.3, -0.25) is 9.69 Å². The Morgan fingerprint density at radius 2 is 1.84 bits per heavy atom. The molecular formula is C29H37N3O5. The fourth-order valence-electron chi connectivity index (χ4n) is 4.03. The second-order valence-corrected chi connectivity index (χ2v) is 9.42. The molecule has 1 aliphatic rings. The Hall–Kier alpha value is -3.81. The molecule has 198 valence electrons. The van der Waals surface area contributed by atoms with Crippen LogP contribution in [0.15, 0.2) is 59.8 Å². The first-order valence-corrected chi connectivity index (χ1v) is 12.8. The summed E-state index contributed by atoms with van der Waals surface area (Å²) >= 11 is 0. The van der Waals surface area contributed by atoms with Crippen LogP contribution in [0.4, 0.5) is 10.5 Å². The van der Waals surface area contributed by atoms with Crippen LogP contribution >= 0.6 is 0 Å². The number of carbonyl (C=O) groups excluding carboxylic acids is 3. The fourth-order valence-corrected chi connectivity index (χ4v) is 4.03. The van der Waals surface area contributed by atoms with Gasteiger partial charge < -0.3 is 20.1 Å². The van der Waals surface area contributed by atoms with E-state index in [0.29, 0.717) is 41.2 Å². The fraction of sp³-hybridized carbons (Fsp3) is 0.414. The number of amides is 3. The summed E-state index contributed by atoms with van der Waals surface area (Å²) < 4.78 is 11.2. The van der Waals surface area contributed by atoms with Crippen molar-refractivity contribution < 1.29 is 23.9 Å². The van der Waals surface area contributed by atoms with Gasteiger partial charge in [-0.05, 0) is 68.1 Å². The molecule has 8 heteroatoms. The maximum absolute atomic E-state index is 13.1. The van der Waals surface area contributed by atoms with Crippen molar-refractivity contribution >= 4 is 23.6 Å². The standard InChI is InChI=1S/C29H37N3O5/c1-6-8-16-36-24-14-12-21(13-15-24)27(33)30-23-11-9-10-22(17-23)26-25(28(34)37-18-19(3)4)20(5)32(7-2)29(35)31-26/h9-15,17,19,26H,6-8,16,18H2,1-5H3,(H,30,33)(H,31,35). The summed E-state index contributed by atoms with van der Waals surface area (Å²) in [5.74, 6) is 0.162. The van der Waals surface area contributed by atoms with Crippen molar-refractivity contribution in [1.82, 2.24) is 10.2 Å². The number of benzene rings is 2. The van der Waals surface area contributed by atoms with Gasteiger partial charge in [0.2, 0.25) is 0 Å². The van der Waals surface area contributed by atoms with Crippen LogP contribution in [0, 0.1) is 5.92 Å². The molecule has 2 aromatic carbocycles. The topological polar surface area (TPSA) is 97.0 Å². The predicted molar refractivity (Wildman–Crippen MR) is 143 cm³/mol. The minimum absolute atomic E-state index is 0.180. The van der Waals surface area contributed by atoms with Crippen molar-refractivity contribution in [2.45, 2.75) is 53.5 Å². The summed E-state index contributed by atoms with van der Waals surface area (Å²) in [7, 11) is 0. The van der Waals surface area contributed by atoms with E-state index >= 15 is 0 Å². The molecule has 1 atom stereocenters. The van der Waals surface area contributed by atoms with E-state index in [1.807, 2.05) is 26.8 Å². The Kier molecular flexibility index (Phi) is 9.71. The molecule has 8 nitrogen and oxygen atoms in total. The van der Waals surface area contributed by atoms with E-state index in [-0.39, 0.29) is 24.5 Å². The third-order valence-corrected chi connectivity index (χ3v) is 6.04. The second kappa shape index (κ2) is 12.9. The average Bonchev–Trinajstić information content (AvgIpc) is 2.88. The van der Waals surface area contributed by atoms with Crippen molar-refractivity contribution in [3.05, 3.63) is 70.9 Å². The molecular weight excluding hydrogens is 470 g/mol. The molecule has 37 heavy (non-hydrogen) atoms. The van der Waals surface area contributed by atoms with Gasteiger partial charge in [0.05, 0.1) is 24.8 Å². The van der Waals surface area contributed by atoms with E-state index in [1.54, 1.807) is 49.4 Å². The summed E-state index contributed by atoms with van der Waals surface area (Å²) in [6.45, 7) is 11.0. The van der Waals surface area contributed by atoms with Crippen LogP contribution in [0.25, 0.3) is 0 Å². The van der Waals surface area contributed by atoms with Gasteiger partial charge in [-0.15, -0.1) is 0 Å². The number of esters is 1. The second-order valence-electron chi connectivity index (χ2n) is 9.42. The third kappa shape index (κ3) is 7.12. The summed E-state index contributed by atoms with van der Waals surface area (Å²) in [5, 5.41) is 5.82. The predicted octanol–water partition coefficient (Wildman–Crippen LogP) is 5.68. The van der Waals surface area contributed by atoms with Crippen molar-refractivity contribution in [3.8, 4) is 5.75 Å². The number of carbonyl (C=O) groups is 3. The van der Waals surface area contributed by atoms with Crippen LogP contribution < -0.4 is 15.4 Å². The molecule has 0 fully saturated rings. The van der Waals surface area contributed by atoms with Gasteiger partial charge in [-0.25, -0.2) is 9.59 Å². The minimum atomic E-state index is -0.702. The number of unbranched alkanes of at least 4 members (excludes halogenated alkanes) is 1. The highest BCUT2D eigenvalue weighted by molar-refractivity contribution is 6.04. The van der Waals surface area contributed by atoms with Crippen LogP contribution in [-0.2, 0) is 9.53 Å². The third-order valence-electron chi connectivity index (χ3n) is 6.04. The number of urea groups is 1. The first kappa shape index (κ1) is 27.8. The molecule has 3 rings (SSSR count). The zero-order chi connectivity index (χ0) is 26.9. The molecule has 0 saturated heterocycles. The minimum Gasteiger partial charge on any atom is -0.494 e. The van der Waals surface area contributed by atoms with Crippen molar-refractivity contribution in [2.24, 2.45) is 5.92 Å². The Bertz CT molecular complexity index is 1140. The molecule has 2 N–H and O–H groups in total. The number of nitrogens with one attached hydrogen (secondary N) is 2. The normalized spacial score (nSPS) is 15.5. The summed E-state index contributed by atoms with van der Waals surface area (Å²) in [5.41, 5.74) is 2.64. The van der Waals surface area contributed by atoms with Crippen molar-refractivity contribution in [1.29, 1.82) is 0 Å². The number of rotatable bonds is 11. The molecule has 0 saturated carbocycles. The Labute approximate surface area is 219 Å². The maximum Gasteiger partial charge on any atom is 0.338 e. The number of ether oxygens (including phenoxy) is 2. The van der Waals surface area contributed by atoms with Gasteiger partial charge in [0.25, 0.3) is 5.91 Å². The lowest BCUT2D eigenvalue weighted by molar-refractivity contribution is -0.140. The van der Waals surface area contributed by atoms with E-state index in [1.165, 1.54) is 4.90 Å². The van der Waals surface area contributed by atoms with E-state index in [0.717, 1.165) is 18.6 Å². The molecule has 0 bridgehead atoms. The average molecular weight is 508 g/mol. The van der Waals surface area contributed by atoms with Crippen molar-refractivity contribution in [3.63, 3.8) is 0 Å². The Morgan fingerprint density at radius 1 is 1.11 bits per heavy atom. The van der Waals surface area contributed by atoms with E-state index in [4.69, 9.17) is 9.47 Å². The number of anilines is 1. The smallest absolute Gasteiger partial charge is 0.338 e. The zero-order valence-electron chi connectivity index (χ0n) is 22.3. The van der Waals surface area contributed by atoms with Gasteiger partial charge in [-0.2, -0.15) is 0 Å². The van der Waals surface area contributed by atoms with Crippen LogP contribution in [-0.4, -0.2) is 42.6 Å². The molecule has 0 radical (unpaired) electrons. The van der Waals surface area contributed by atoms with Gasteiger partial charge in [0, 0.05) is 23.5 Å². The van der Waals surface area contributed by atoms with Gasteiger partial charge >= 0.3 is 12.0 Å². The lowest BCUT2D eigenvalue weighted by atomic mass is 9.94.